The Bertz CT molecular complexity index is 964. The molecule has 0 aliphatic carbocycles. The molecule has 0 bridgehead atoms. The van der Waals surface area contributed by atoms with Crippen molar-refractivity contribution in [2.75, 3.05) is 26.4 Å². The predicted molar refractivity (Wildman–Crippen MR) is 112 cm³/mol. The highest BCUT2D eigenvalue weighted by Gasteiger charge is 2.13. The summed E-state index contributed by atoms with van der Waals surface area (Å²) in [5.41, 5.74) is 3.69. The van der Waals surface area contributed by atoms with Gasteiger partial charge in [-0.1, -0.05) is 24.3 Å². The Morgan fingerprint density at radius 2 is 1.96 bits per heavy atom. The van der Waals surface area contributed by atoms with Crippen molar-refractivity contribution >= 4 is 16.9 Å². The Kier molecular flexibility index (Phi) is 5.66. The molecule has 2 heterocycles. The average molecular weight is 378 g/mol. The van der Waals surface area contributed by atoms with Gasteiger partial charge in [0.1, 0.15) is 0 Å². The maximum atomic E-state index is 5.44. The second-order valence-corrected chi connectivity index (χ2v) is 6.73. The highest BCUT2D eigenvalue weighted by molar-refractivity contribution is 5.83. The van der Waals surface area contributed by atoms with Crippen molar-refractivity contribution in [3.63, 3.8) is 0 Å². The van der Waals surface area contributed by atoms with Crippen LogP contribution in [0, 0.1) is 0 Å². The van der Waals surface area contributed by atoms with E-state index in [1.54, 1.807) is 0 Å². The molecule has 3 aromatic rings. The van der Waals surface area contributed by atoms with Crippen LogP contribution < -0.4 is 20.1 Å². The molecule has 0 amide bonds. The fourth-order valence-corrected chi connectivity index (χ4v) is 3.39. The largest absolute Gasteiger partial charge is 0.454 e. The fraction of sp³-hybridized carbons (Fsp3) is 0.318. The number of ether oxygens (including phenoxy) is 2. The minimum Gasteiger partial charge on any atom is -0.454 e. The first-order chi connectivity index (χ1) is 13.8. The van der Waals surface area contributed by atoms with Crippen LogP contribution in [0.15, 0.2) is 53.7 Å². The van der Waals surface area contributed by atoms with Crippen LogP contribution in [0.5, 0.6) is 11.5 Å². The molecule has 4 rings (SSSR count). The molecule has 0 saturated carbocycles. The van der Waals surface area contributed by atoms with Gasteiger partial charge in [0.05, 0.1) is 0 Å². The van der Waals surface area contributed by atoms with Crippen molar-refractivity contribution in [1.82, 2.24) is 15.6 Å². The van der Waals surface area contributed by atoms with E-state index in [1.165, 1.54) is 22.0 Å². The SMILES string of the molecule is CCNC(=NCCc1c[nH]c2ccccc12)NCCc1ccc2c(c1)OCO2. The summed E-state index contributed by atoms with van der Waals surface area (Å²) in [6.45, 7) is 4.77. The van der Waals surface area contributed by atoms with Gasteiger partial charge in [0.15, 0.2) is 17.5 Å². The van der Waals surface area contributed by atoms with E-state index in [-0.39, 0.29) is 0 Å². The molecule has 0 radical (unpaired) electrons. The van der Waals surface area contributed by atoms with Crippen LogP contribution in [-0.2, 0) is 12.8 Å². The zero-order valence-corrected chi connectivity index (χ0v) is 16.1. The number of hydrogen-bond donors (Lipinski definition) is 3. The number of aliphatic imine (C=N–C) groups is 1. The molecule has 0 unspecified atom stereocenters. The summed E-state index contributed by atoms with van der Waals surface area (Å²) in [6.07, 6.45) is 3.88. The lowest BCUT2D eigenvalue weighted by Crippen LogP contribution is -2.38. The number of H-pyrrole nitrogens is 1. The average Bonchev–Trinajstić information content (AvgIpc) is 3.35. The molecule has 0 spiro atoms. The number of benzene rings is 2. The summed E-state index contributed by atoms with van der Waals surface area (Å²) < 4.78 is 10.8. The van der Waals surface area contributed by atoms with E-state index in [4.69, 9.17) is 14.5 Å². The lowest BCUT2D eigenvalue weighted by atomic mass is 10.1. The molecule has 28 heavy (non-hydrogen) atoms. The highest BCUT2D eigenvalue weighted by Crippen LogP contribution is 2.32. The number of nitrogens with one attached hydrogen (secondary N) is 3. The van der Waals surface area contributed by atoms with Crippen molar-refractivity contribution in [3.05, 3.63) is 59.8 Å². The van der Waals surface area contributed by atoms with Gasteiger partial charge in [0, 0.05) is 36.7 Å². The van der Waals surface area contributed by atoms with Crippen LogP contribution in [0.3, 0.4) is 0 Å². The number of aromatic amines is 1. The molecular formula is C22H26N4O2. The van der Waals surface area contributed by atoms with Gasteiger partial charge in [-0.05, 0) is 49.1 Å². The maximum absolute atomic E-state index is 5.44. The van der Waals surface area contributed by atoms with E-state index in [0.717, 1.165) is 49.9 Å². The maximum Gasteiger partial charge on any atom is 0.231 e. The topological polar surface area (TPSA) is 70.7 Å². The molecule has 1 aromatic heterocycles. The molecule has 1 aliphatic heterocycles. The second kappa shape index (κ2) is 8.69. The quantitative estimate of drug-likeness (QED) is 0.436. The van der Waals surface area contributed by atoms with Crippen molar-refractivity contribution in [3.8, 4) is 11.5 Å². The molecule has 3 N–H and O–H groups in total. The zero-order valence-electron chi connectivity index (χ0n) is 16.1. The van der Waals surface area contributed by atoms with E-state index >= 15 is 0 Å². The fourth-order valence-electron chi connectivity index (χ4n) is 3.39. The standard InChI is InChI=1S/C22H26N4O2/c1-2-23-22(24-11-9-16-7-8-20-21(13-16)28-15-27-20)25-12-10-17-14-26-19-6-4-3-5-18(17)19/h3-8,13-14,26H,2,9-12,15H2,1H3,(H2,23,24,25). The summed E-state index contributed by atoms with van der Waals surface area (Å²) >= 11 is 0. The van der Waals surface area contributed by atoms with E-state index in [0.29, 0.717) is 6.79 Å². The number of aromatic nitrogens is 1. The summed E-state index contributed by atoms with van der Waals surface area (Å²) in [5.74, 6) is 2.50. The number of guanidine groups is 1. The second-order valence-electron chi connectivity index (χ2n) is 6.73. The molecule has 0 atom stereocenters. The Labute approximate surface area is 165 Å². The van der Waals surface area contributed by atoms with Gasteiger partial charge >= 0.3 is 0 Å². The summed E-state index contributed by atoms with van der Waals surface area (Å²) in [4.78, 5) is 8.04. The third-order valence-corrected chi connectivity index (χ3v) is 4.81. The number of para-hydroxylation sites is 1. The Morgan fingerprint density at radius 3 is 2.89 bits per heavy atom. The van der Waals surface area contributed by atoms with Crippen molar-refractivity contribution in [2.24, 2.45) is 4.99 Å². The Hall–Kier alpha value is -3.15. The number of nitrogens with zero attached hydrogens (tertiary/aromatic N) is 1. The lowest BCUT2D eigenvalue weighted by molar-refractivity contribution is 0.174. The molecular weight excluding hydrogens is 352 g/mol. The number of fused-ring (bicyclic) bond motifs is 2. The smallest absolute Gasteiger partial charge is 0.231 e. The van der Waals surface area contributed by atoms with Crippen LogP contribution in [0.4, 0.5) is 0 Å². The third-order valence-electron chi connectivity index (χ3n) is 4.81. The summed E-state index contributed by atoms with van der Waals surface area (Å²) in [7, 11) is 0. The monoisotopic (exact) mass is 378 g/mol. The minimum absolute atomic E-state index is 0.310. The van der Waals surface area contributed by atoms with Crippen LogP contribution in [0.25, 0.3) is 10.9 Å². The minimum atomic E-state index is 0.310. The van der Waals surface area contributed by atoms with Crippen LogP contribution >= 0.6 is 0 Å². The van der Waals surface area contributed by atoms with Crippen molar-refractivity contribution < 1.29 is 9.47 Å². The van der Waals surface area contributed by atoms with Gasteiger partial charge < -0.3 is 25.1 Å². The van der Waals surface area contributed by atoms with Gasteiger partial charge in [-0.25, -0.2) is 0 Å². The van der Waals surface area contributed by atoms with Gasteiger partial charge in [-0.3, -0.25) is 4.99 Å². The van der Waals surface area contributed by atoms with E-state index in [2.05, 4.69) is 53.0 Å². The molecule has 6 nitrogen and oxygen atoms in total. The van der Waals surface area contributed by atoms with E-state index < -0.39 is 0 Å². The number of rotatable bonds is 7. The molecule has 2 aromatic carbocycles. The molecule has 1 aliphatic rings. The first-order valence-corrected chi connectivity index (χ1v) is 9.79. The number of hydrogen-bond acceptors (Lipinski definition) is 3. The molecule has 146 valence electrons. The first-order valence-electron chi connectivity index (χ1n) is 9.79. The lowest BCUT2D eigenvalue weighted by Gasteiger charge is -2.11. The highest BCUT2D eigenvalue weighted by atomic mass is 16.7. The van der Waals surface area contributed by atoms with Crippen LogP contribution in [-0.4, -0.2) is 37.4 Å². The van der Waals surface area contributed by atoms with E-state index in [9.17, 15) is 0 Å². The van der Waals surface area contributed by atoms with E-state index in [1.807, 2.05) is 18.2 Å². The Morgan fingerprint density at radius 1 is 1.07 bits per heavy atom. The van der Waals surface area contributed by atoms with Crippen LogP contribution in [0.1, 0.15) is 18.1 Å². The molecule has 6 heteroatoms. The normalized spacial score (nSPS) is 13.1. The van der Waals surface area contributed by atoms with Crippen molar-refractivity contribution in [2.45, 2.75) is 19.8 Å². The summed E-state index contributed by atoms with van der Waals surface area (Å²) in [6, 6.07) is 14.5. The van der Waals surface area contributed by atoms with Gasteiger partial charge in [-0.15, -0.1) is 0 Å². The third kappa shape index (κ3) is 4.22. The zero-order chi connectivity index (χ0) is 19.2. The molecule has 0 saturated heterocycles. The van der Waals surface area contributed by atoms with Gasteiger partial charge in [0.2, 0.25) is 6.79 Å². The van der Waals surface area contributed by atoms with Gasteiger partial charge in [-0.2, -0.15) is 0 Å². The van der Waals surface area contributed by atoms with Crippen LogP contribution in [0.2, 0.25) is 0 Å². The van der Waals surface area contributed by atoms with Crippen molar-refractivity contribution in [1.29, 1.82) is 0 Å². The molecule has 0 fully saturated rings. The van der Waals surface area contributed by atoms with Gasteiger partial charge in [0.25, 0.3) is 0 Å². The predicted octanol–water partition coefficient (Wildman–Crippen LogP) is 3.24. The first kappa shape index (κ1) is 18.2. The summed E-state index contributed by atoms with van der Waals surface area (Å²) in [5, 5.41) is 8.00. The Balaban J connectivity index is 1.30.